The number of amides is 2. The van der Waals surface area contributed by atoms with Crippen molar-refractivity contribution in [2.45, 2.75) is 38.9 Å². The molecule has 0 unspecified atom stereocenters. The highest BCUT2D eigenvalue weighted by Crippen LogP contribution is 2.41. The molecule has 0 saturated carbocycles. The van der Waals surface area contributed by atoms with Crippen LogP contribution in [0.3, 0.4) is 0 Å². The normalized spacial score (nSPS) is 25.1. The highest BCUT2D eigenvalue weighted by atomic mass is 32.2. The molecule has 0 radical (unpaired) electrons. The average molecular weight is 410 g/mol. The Morgan fingerprint density at radius 1 is 1.29 bits per heavy atom. The number of likely N-dealkylation sites (tertiary alicyclic amines) is 1. The van der Waals surface area contributed by atoms with Gasteiger partial charge in [0.25, 0.3) is 5.91 Å². The molecule has 0 spiro atoms. The average Bonchev–Trinajstić information content (AvgIpc) is 3.09. The van der Waals surface area contributed by atoms with Gasteiger partial charge < -0.3 is 9.80 Å². The Morgan fingerprint density at radius 2 is 1.96 bits per heavy atom. The molecule has 28 heavy (non-hydrogen) atoms. The van der Waals surface area contributed by atoms with Gasteiger partial charge in [-0.25, -0.2) is 17.7 Å². The largest absolute Gasteiger partial charge is 0.331 e. The van der Waals surface area contributed by atoms with Gasteiger partial charge in [-0.3, -0.25) is 14.6 Å². The lowest BCUT2D eigenvalue weighted by Gasteiger charge is -2.29. The van der Waals surface area contributed by atoms with Crippen LogP contribution >= 0.6 is 0 Å². The zero-order valence-corrected chi connectivity index (χ0v) is 17.7. The van der Waals surface area contributed by atoms with Gasteiger partial charge in [0.2, 0.25) is 15.9 Å². The van der Waals surface area contributed by atoms with Crippen LogP contribution in [-0.4, -0.2) is 83.3 Å². The summed E-state index contributed by atoms with van der Waals surface area (Å²) in [5.74, 6) is -1.37. The van der Waals surface area contributed by atoms with E-state index in [4.69, 9.17) is 0 Å². The van der Waals surface area contributed by atoms with Crippen LogP contribution in [0.25, 0.3) is 0 Å². The Balaban J connectivity index is 1.89. The van der Waals surface area contributed by atoms with Gasteiger partial charge in [0.1, 0.15) is 5.69 Å². The predicted molar refractivity (Wildman–Crippen MR) is 103 cm³/mol. The molecule has 1 aromatic rings. The second-order valence-corrected chi connectivity index (χ2v) is 10.0. The maximum atomic E-state index is 13.1. The zero-order valence-electron chi connectivity index (χ0n) is 16.9. The van der Waals surface area contributed by atoms with Gasteiger partial charge in [-0.15, -0.1) is 0 Å². The molecule has 2 fully saturated rings. The molecule has 3 rings (SSSR count). The first-order valence-corrected chi connectivity index (χ1v) is 11.2. The Labute approximate surface area is 165 Å². The molecular formula is C18H27N5O4S. The standard InChI is InChI=1S/C18H27N5O4S/c1-11(2)15-16-14(23(18(15)25)28(5,26)27)6-7-22(16)17(24)13-9-19-12(8-20-13)10-21(3)4/h8-9,11,14-16H,6-7,10H2,1-5H3/t14-,15+,16-/m0/s1. The second kappa shape index (κ2) is 7.40. The Morgan fingerprint density at radius 3 is 2.46 bits per heavy atom. The molecule has 0 N–H and O–H groups in total. The van der Waals surface area contributed by atoms with E-state index in [1.807, 2.05) is 32.8 Å². The van der Waals surface area contributed by atoms with Crippen molar-refractivity contribution in [3.63, 3.8) is 0 Å². The van der Waals surface area contributed by atoms with Gasteiger partial charge >= 0.3 is 0 Å². The lowest BCUT2D eigenvalue weighted by Crippen LogP contribution is -2.44. The number of sulfonamides is 1. The summed E-state index contributed by atoms with van der Waals surface area (Å²) in [6, 6.07) is -0.988. The molecule has 3 atom stereocenters. The minimum absolute atomic E-state index is 0.0892. The molecule has 3 heterocycles. The van der Waals surface area contributed by atoms with E-state index in [0.29, 0.717) is 19.5 Å². The van der Waals surface area contributed by atoms with Crippen molar-refractivity contribution in [1.82, 2.24) is 24.1 Å². The topological polar surface area (TPSA) is 104 Å². The van der Waals surface area contributed by atoms with Crippen molar-refractivity contribution < 1.29 is 18.0 Å². The molecule has 0 aliphatic carbocycles. The molecular weight excluding hydrogens is 382 g/mol. The Bertz CT molecular complexity index is 868. The summed E-state index contributed by atoms with van der Waals surface area (Å²) in [7, 11) is 0.147. The van der Waals surface area contributed by atoms with Crippen LogP contribution in [0, 0.1) is 11.8 Å². The summed E-state index contributed by atoms with van der Waals surface area (Å²) in [5.41, 5.74) is 0.955. The second-order valence-electron chi connectivity index (χ2n) is 8.14. The van der Waals surface area contributed by atoms with Gasteiger partial charge in [-0.2, -0.15) is 0 Å². The quantitative estimate of drug-likeness (QED) is 0.684. The van der Waals surface area contributed by atoms with E-state index in [-0.39, 0.29) is 17.5 Å². The zero-order chi connectivity index (χ0) is 20.8. The molecule has 1 aromatic heterocycles. The smallest absolute Gasteiger partial charge is 0.274 e. The highest BCUT2D eigenvalue weighted by molar-refractivity contribution is 7.88. The molecule has 10 heteroatoms. The van der Waals surface area contributed by atoms with Crippen molar-refractivity contribution >= 4 is 21.8 Å². The Hall–Kier alpha value is -2.07. The van der Waals surface area contributed by atoms with E-state index < -0.39 is 33.9 Å². The first kappa shape index (κ1) is 20.7. The molecule has 2 aliphatic rings. The first-order chi connectivity index (χ1) is 13.0. The lowest BCUT2D eigenvalue weighted by molar-refractivity contribution is -0.129. The van der Waals surface area contributed by atoms with E-state index >= 15 is 0 Å². The molecule has 9 nitrogen and oxygen atoms in total. The maximum Gasteiger partial charge on any atom is 0.274 e. The third kappa shape index (κ3) is 3.62. The summed E-state index contributed by atoms with van der Waals surface area (Å²) >= 11 is 0. The number of carbonyl (C=O) groups excluding carboxylic acids is 2. The number of hydrogen-bond donors (Lipinski definition) is 0. The first-order valence-electron chi connectivity index (χ1n) is 9.32. The molecule has 0 bridgehead atoms. The summed E-state index contributed by atoms with van der Waals surface area (Å²) in [6.07, 6.45) is 4.50. The van der Waals surface area contributed by atoms with Crippen molar-refractivity contribution in [3.05, 3.63) is 23.8 Å². The number of fused-ring (bicyclic) bond motifs is 1. The Kier molecular flexibility index (Phi) is 5.46. The predicted octanol–water partition coefficient (Wildman–Crippen LogP) is 0.195. The van der Waals surface area contributed by atoms with Gasteiger partial charge in [0.05, 0.1) is 42.3 Å². The summed E-state index contributed by atoms with van der Waals surface area (Å²) in [6.45, 7) is 4.76. The van der Waals surface area contributed by atoms with Gasteiger partial charge in [-0.05, 0) is 26.4 Å². The third-order valence-corrected chi connectivity index (χ3v) is 6.50. The minimum atomic E-state index is -3.69. The van der Waals surface area contributed by atoms with Crippen molar-refractivity contribution in [2.75, 3.05) is 26.9 Å². The summed E-state index contributed by atoms with van der Waals surface area (Å²) in [5, 5.41) is 0. The maximum absolute atomic E-state index is 13.1. The molecule has 2 saturated heterocycles. The van der Waals surface area contributed by atoms with Gasteiger partial charge in [-0.1, -0.05) is 13.8 Å². The van der Waals surface area contributed by atoms with E-state index in [0.717, 1.165) is 16.3 Å². The van der Waals surface area contributed by atoms with Crippen LogP contribution in [0.2, 0.25) is 0 Å². The van der Waals surface area contributed by atoms with Crippen LogP contribution in [0.4, 0.5) is 0 Å². The number of carbonyl (C=O) groups is 2. The minimum Gasteiger partial charge on any atom is -0.331 e. The van der Waals surface area contributed by atoms with E-state index in [1.165, 1.54) is 6.20 Å². The number of rotatable bonds is 5. The third-order valence-electron chi connectivity index (χ3n) is 5.33. The number of hydrogen-bond acceptors (Lipinski definition) is 7. The molecule has 2 aliphatic heterocycles. The molecule has 0 aromatic carbocycles. The van der Waals surface area contributed by atoms with Crippen LogP contribution < -0.4 is 0 Å². The SMILES string of the molecule is CC(C)[C@H]1C(=O)N(S(C)(=O)=O)[C@H]2CCN(C(=O)c3cnc(CN(C)C)cn3)[C@H]12. The molecule has 154 valence electrons. The number of aromatic nitrogens is 2. The summed E-state index contributed by atoms with van der Waals surface area (Å²) in [4.78, 5) is 38.0. The van der Waals surface area contributed by atoms with Crippen LogP contribution in [0.15, 0.2) is 12.4 Å². The fourth-order valence-corrected chi connectivity index (χ4v) is 5.46. The van der Waals surface area contributed by atoms with Crippen LogP contribution in [0.1, 0.15) is 36.5 Å². The van der Waals surface area contributed by atoms with E-state index in [1.54, 1.807) is 11.1 Å². The van der Waals surface area contributed by atoms with Crippen LogP contribution in [0.5, 0.6) is 0 Å². The van der Waals surface area contributed by atoms with Crippen molar-refractivity contribution in [3.8, 4) is 0 Å². The molecule has 2 amide bonds. The van der Waals surface area contributed by atoms with E-state index in [9.17, 15) is 18.0 Å². The summed E-state index contributed by atoms with van der Waals surface area (Å²) < 4.78 is 25.4. The van der Waals surface area contributed by atoms with Gasteiger partial charge in [0.15, 0.2) is 0 Å². The fourth-order valence-electron chi connectivity index (χ4n) is 4.29. The monoisotopic (exact) mass is 409 g/mol. The van der Waals surface area contributed by atoms with Crippen LogP contribution in [-0.2, 0) is 21.4 Å². The van der Waals surface area contributed by atoms with Crippen molar-refractivity contribution in [1.29, 1.82) is 0 Å². The fraction of sp³-hybridized carbons (Fsp3) is 0.667. The van der Waals surface area contributed by atoms with Crippen molar-refractivity contribution in [2.24, 2.45) is 11.8 Å². The highest BCUT2D eigenvalue weighted by Gasteiger charge is 2.58. The number of nitrogens with zero attached hydrogens (tertiary/aromatic N) is 5. The lowest BCUT2D eigenvalue weighted by atomic mass is 9.88. The van der Waals surface area contributed by atoms with Gasteiger partial charge in [0, 0.05) is 13.1 Å². The van der Waals surface area contributed by atoms with E-state index in [2.05, 4.69) is 9.97 Å².